The zero-order valence-electron chi connectivity index (χ0n) is 12.4. The van der Waals surface area contributed by atoms with Gasteiger partial charge < -0.3 is 4.90 Å². The van der Waals surface area contributed by atoms with Crippen molar-refractivity contribution in [2.75, 3.05) is 19.6 Å². The number of rotatable bonds is 5. The van der Waals surface area contributed by atoms with Gasteiger partial charge in [-0.05, 0) is 45.2 Å². The van der Waals surface area contributed by atoms with E-state index in [1.165, 1.54) is 18.9 Å². The second-order valence-corrected chi connectivity index (χ2v) is 5.94. The minimum absolute atomic E-state index is 0.0665. The van der Waals surface area contributed by atoms with Crippen molar-refractivity contribution in [2.45, 2.75) is 52.6 Å². The van der Waals surface area contributed by atoms with E-state index in [-0.39, 0.29) is 5.91 Å². The Balaban J connectivity index is 2.46. The van der Waals surface area contributed by atoms with Crippen LogP contribution >= 0.6 is 0 Å². The van der Waals surface area contributed by atoms with Gasteiger partial charge in [-0.2, -0.15) is 0 Å². The molecule has 0 unspecified atom stereocenters. The highest BCUT2D eigenvalue weighted by atomic mass is 16.2. The van der Waals surface area contributed by atoms with Crippen molar-refractivity contribution in [3.8, 4) is 0 Å². The molecule has 1 heterocycles. The van der Waals surface area contributed by atoms with Crippen molar-refractivity contribution in [3.63, 3.8) is 0 Å². The van der Waals surface area contributed by atoms with E-state index in [0.717, 1.165) is 25.6 Å². The van der Waals surface area contributed by atoms with Gasteiger partial charge in [-0.3, -0.25) is 9.69 Å². The Morgan fingerprint density at radius 3 is 2.33 bits per heavy atom. The Morgan fingerprint density at radius 1 is 1.33 bits per heavy atom. The van der Waals surface area contributed by atoms with Crippen LogP contribution < -0.4 is 0 Å². The molecule has 0 radical (unpaired) electrons. The maximum Gasteiger partial charge on any atom is 0.246 e. The van der Waals surface area contributed by atoms with Crippen LogP contribution in [0.25, 0.3) is 0 Å². The molecule has 0 aliphatic carbocycles. The van der Waals surface area contributed by atoms with E-state index in [2.05, 4.69) is 39.2 Å². The van der Waals surface area contributed by atoms with Gasteiger partial charge in [0.25, 0.3) is 0 Å². The third kappa shape index (κ3) is 4.13. The van der Waals surface area contributed by atoms with Gasteiger partial charge in [0.15, 0.2) is 0 Å². The third-order valence-electron chi connectivity index (χ3n) is 3.68. The lowest BCUT2D eigenvalue weighted by molar-refractivity contribution is -0.133. The van der Waals surface area contributed by atoms with Gasteiger partial charge in [0, 0.05) is 25.2 Å². The summed E-state index contributed by atoms with van der Waals surface area (Å²) in [5.74, 6) is 0.848. The van der Waals surface area contributed by atoms with Crippen molar-refractivity contribution in [1.82, 2.24) is 9.80 Å². The maximum atomic E-state index is 11.8. The first-order valence-corrected chi connectivity index (χ1v) is 7.12. The van der Waals surface area contributed by atoms with Crippen molar-refractivity contribution in [3.05, 3.63) is 12.7 Å². The highest BCUT2D eigenvalue weighted by molar-refractivity contribution is 5.87. The SMILES string of the molecule is C=CC(=O)N1[C@H](C)CN(CCCC(C)C)C[C@@H]1C. The molecule has 1 aliphatic heterocycles. The zero-order valence-corrected chi connectivity index (χ0v) is 12.4. The second-order valence-electron chi connectivity index (χ2n) is 5.94. The zero-order chi connectivity index (χ0) is 13.7. The smallest absolute Gasteiger partial charge is 0.246 e. The number of carbonyl (C=O) groups is 1. The first-order valence-electron chi connectivity index (χ1n) is 7.12. The lowest BCUT2D eigenvalue weighted by Gasteiger charge is -2.44. The van der Waals surface area contributed by atoms with E-state index >= 15 is 0 Å². The number of piperazine rings is 1. The fraction of sp³-hybridized carbons (Fsp3) is 0.800. The Kier molecular flexibility index (Phi) is 5.86. The van der Waals surface area contributed by atoms with E-state index in [9.17, 15) is 4.79 Å². The van der Waals surface area contributed by atoms with Gasteiger partial charge in [0.1, 0.15) is 0 Å². The van der Waals surface area contributed by atoms with E-state index < -0.39 is 0 Å². The molecule has 1 aliphatic rings. The van der Waals surface area contributed by atoms with E-state index in [1.54, 1.807) is 0 Å². The molecule has 2 atom stereocenters. The Morgan fingerprint density at radius 2 is 1.89 bits per heavy atom. The standard InChI is InChI=1S/C15H28N2O/c1-6-15(18)17-13(4)10-16(11-14(17)5)9-7-8-12(2)3/h6,12-14H,1,7-11H2,2-5H3/t13-,14+. The molecule has 1 saturated heterocycles. The summed E-state index contributed by atoms with van der Waals surface area (Å²) in [7, 11) is 0. The van der Waals surface area contributed by atoms with Crippen LogP contribution in [-0.2, 0) is 4.79 Å². The van der Waals surface area contributed by atoms with Crippen molar-refractivity contribution in [1.29, 1.82) is 0 Å². The predicted octanol–water partition coefficient (Wildman–Crippen LogP) is 2.53. The average molecular weight is 252 g/mol. The lowest BCUT2D eigenvalue weighted by atomic mass is 10.1. The molecule has 3 nitrogen and oxygen atoms in total. The van der Waals surface area contributed by atoms with Crippen molar-refractivity contribution >= 4 is 5.91 Å². The average Bonchev–Trinajstić information content (AvgIpc) is 2.27. The van der Waals surface area contributed by atoms with Gasteiger partial charge in [0.05, 0.1) is 0 Å². The largest absolute Gasteiger partial charge is 0.331 e. The normalized spacial score (nSPS) is 25.5. The monoisotopic (exact) mass is 252 g/mol. The minimum Gasteiger partial charge on any atom is -0.331 e. The second kappa shape index (κ2) is 6.93. The number of hydrogen-bond acceptors (Lipinski definition) is 2. The molecule has 1 rings (SSSR count). The summed E-state index contributed by atoms with van der Waals surface area (Å²) in [5.41, 5.74) is 0. The van der Waals surface area contributed by atoms with Crippen LogP contribution in [0.15, 0.2) is 12.7 Å². The summed E-state index contributed by atoms with van der Waals surface area (Å²) in [5, 5.41) is 0. The fourth-order valence-corrected chi connectivity index (χ4v) is 2.88. The Bertz CT molecular complexity index is 276. The summed E-state index contributed by atoms with van der Waals surface area (Å²) in [6.45, 7) is 15.5. The third-order valence-corrected chi connectivity index (χ3v) is 3.68. The Labute approximate surface area is 112 Å². The number of nitrogens with zero attached hydrogens (tertiary/aromatic N) is 2. The van der Waals surface area contributed by atoms with Crippen LogP contribution in [0.5, 0.6) is 0 Å². The van der Waals surface area contributed by atoms with Crippen LogP contribution in [0.3, 0.4) is 0 Å². The van der Waals surface area contributed by atoms with Crippen LogP contribution in [0.1, 0.15) is 40.5 Å². The summed E-state index contributed by atoms with van der Waals surface area (Å²) >= 11 is 0. The summed E-state index contributed by atoms with van der Waals surface area (Å²) < 4.78 is 0. The minimum atomic E-state index is 0.0665. The first-order chi connectivity index (χ1) is 8.45. The molecule has 0 aromatic rings. The van der Waals surface area contributed by atoms with Crippen molar-refractivity contribution in [2.24, 2.45) is 5.92 Å². The number of amides is 1. The van der Waals surface area contributed by atoms with Gasteiger partial charge in [-0.15, -0.1) is 0 Å². The molecule has 0 N–H and O–H groups in total. The molecule has 3 heteroatoms. The lowest BCUT2D eigenvalue weighted by Crippen LogP contribution is -2.58. The summed E-state index contributed by atoms with van der Waals surface area (Å²) in [6, 6.07) is 0.580. The van der Waals surface area contributed by atoms with Crippen molar-refractivity contribution < 1.29 is 4.79 Å². The first kappa shape index (κ1) is 15.2. The number of hydrogen-bond donors (Lipinski definition) is 0. The summed E-state index contributed by atoms with van der Waals surface area (Å²) in [4.78, 5) is 16.2. The van der Waals surface area contributed by atoms with Gasteiger partial charge in [-0.1, -0.05) is 20.4 Å². The van der Waals surface area contributed by atoms with Crippen LogP contribution in [-0.4, -0.2) is 47.4 Å². The van der Waals surface area contributed by atoms with Gasteiger partial charge in [0.2, 0.25) is 5.91 Å². The topological polar surface area (TPSA) is 23.6 Å². The predicted molar refractivity (Wildman–Crippen MR) is 76.5 cm³/mol. The van der Waals surface area contributed by atoms with Gasteiger partial charge in [-0.25, -0.2) is 0 Å². The van der Waals surface area contributed by atoms with Crippen LogP contribution in [0.2, 0.25) is 0 Å². The van der Waals surface area contributed by atoms with Crippen LogP contribution in [0, 0.1) is 5.92 Å². The fourth-order valence-electron chi connectivity index (χ4n) is 2.88. The molecular weight excluding hydrogens is 224 g/mol. The van der Waals surface area contributed by atoms with E-state index in [1.807, 2.05) is 4.90 Å². The molecular formula is C15H28N2O. The van der Waals surface area contributed by atoms with Gasteiger partial charge >= 0.3 is 0 Å². The molecule has 0 bridgehead atoms. The molecule has 1 fully saturated rings. The molecule has 0 saturated carbocycles. The summed E-state index contributed by atoms with van der Waals surface area (Å²) in [6.07, 6.45) is 3.97. The molecule has 0 spiro atoms. The van der Waals surface area contributed by atoms with E-state index in [4.69, 9.17) is 0 Å². The molecule has 0 aromatic carbocycles. The molecule has 18 heavy (non-hydrogen) atoms. The van der Waals surface area contributed by atoms with Crippen LogP contribution in [0.4, 0.5) is 0 Å². The molecule has 0 aromatic heterocycles. The molecule has 1 amide bonds. The molecule has 104 valence electrons. The highest BCUT2D eigenvalue weighted by Crippen LogP contribution is 2.17. The highest BCUT2D eigenvalue weighted by Gasteiger charge is 2.31. The Hall–Kier alpha value is -0.830. The number of carbonyl (C=O) groups excluding carboxylic acids is 1. The quantitative estimate of drug-likeness (QED) is 0.702. The van der Waals surface area contributed by atoms with E-state index in [0.29, 0.717) is 12.1 Å². The maximum absolute atomic E-state index is 11.8.